The average Bonchev–Trinajstić information content (AvgIpc) is 3.55. The number of rotatable bonds is 9. The Hall–Kier alpha value is -1.84. The summed E-state index contributed by atoms with van der Waals surface area (Å²) in [5, 5.41) is 8.08. The minimum absolute atomic E-state index is 0.0596. The Morgan fingerprint density at radius 2 is 2.06 bits per heavy atom. The fourth-order valence-electron chi connectivity index (χ4n) is 5.87. The number of nitrogens with two attached hydrogens (primary N) is 1. The lowest BCUT2D eigenvalue weighted by molar-refractivity contribution is -0.142. The molecule has 0 spiro atoms. The van der Waals surface area contributed by atoms with Crippen molar-refractivity contribution in [3.8, 4) is 0 Å². The van der Waals surface area contributed by atoms with Gasteiger partial charge in [0, 0.05) is 11.9 Å². The molecule has 2 amide bonds. The van der Waals surface area contributed by atoms with E-state index in [9.17, 15) is 14.4 Å². The van der Waals surface area contributed by atoms with E-state index in [1.54, 1.807) is 10.3 Å². The number of aromatic nitrogens is 1. The lowest BCUT2D eigenvalue weighted by Crippen LogP contribution is -2.59. The maximum Gasteiger partial charge on any atom is 0.243 e. The fourth-order valence-corrected chi connectivity index (χ4v) is 6.35. The molecule has 2 saturated heterocycles. The second kappa shape index (κ2) is 11.5. The SMILES string of the molecule is NCCCCC(NC(=O)[C@H]1CCCN1C(=O)[C@H]1NCCC2CCCCC21)C(=O)c1cs[c]n1. The minimum atomic E-state index is -0.660. The van der Waals surface area contributed by atoms with Gasteiger partial charge in [-0.25, -0.2) is 4.98 Å². The number of ketones is 1. The number of nitrogens with one attached hydrogen (secondary N) is 2. The highest BCUT2D eigenvalue weighted by Crippen LogP contribution is 2.38. The lowest BCUT2D eigenvalue weighted by atomic mass is 9.71. The van der Waals surface area contributed by atoms with Crippen LogP contribution in [0.1, 0.15) is 74.7 Å². The zero-order chi connectivity index (χ0) is 23.2. The summed E-state index contributed by atoms with van der Waals surface area (Å²) in [6.45, 7) is 2.00. The van der Waals surface area contributed by atoms with Gasteiger partial charge in [0.15, 0.2) is 5.51 Å². The van der Waals surface area contributed by atoms with Crippen LogP contribution in [0.3, 0.4) is 0 Å². The van der Waals surface area contributed by atoms with Gasteiger partial charge < -0.3 is 21.3 Å². The summed E-state index contributed by atoms with van der Waals surface area (Å²) in [7, 11) is 0. The molecule has 3 fully saturated rings. The highest BCUT2D eigenvalue weighted by atomic mass is 32.1. The van der Waals surface area contributed by atoms with Gasteiger partial charge in [-0.05, 0) is 69.9 Å². The minimum Gasteiger partial charge on any atom is -0.344 e. The number of piperidine rings is 1. The van der Waals surface area contributed by atoms with Crippen LogP contribution in [0.5, 0.6) is 0 Å². The fraction of sp³-hybridized carbons (Fsp3) is 0.750. The van der Waals surface area contributed by atoms with E-state index >= 15 is 0 Å². The van der Waals surface area contributed by atoms with Gasteiger partial charge in [0.25, 0.3) is 0 Å². The molecule has 8 nitrogen and oxygen atoms in total. The molecule has 33 heavy (non-hydrogen) atoms. The summed E-state index contributed by atoms with van der Waals surface area (Å²) < 4.78 is 0. The Labute approximate surface area is 200 Å². The molecule has 5 atom stereocenters. The molecule has 181 valence electrons. The van der Waals surface area contributed by atoms with E-state index in [1.807, 2.05) is 0 Å². The van der Waals surface area contributed by atoms with E-state index in [0.29, 0.717) is 43.5 Å². The Balaban J connectivity index is 1.43. The van der Waals surface area contributed by atoms with Crippen molar-refractivity contribution >= 4 is 28.9 Å². The summed E-state index contributed by atoms with van der Waals surface area (Å²) in [6.07, 6.45) is 9.33. The molecule has 3 aliphatic rings. The molecule has 2 aliphatic heterocycles. The van der Waals surface area contributed by atoms with Gasteiger partial charge in [-0.2, -0.15) is 0 Å². The number of nitrogens with zero attached hydrogens (tertiary/aromatic N) is 2. The number of hydrogen-bond donors (Lipinski definition) is 3. The zero-order valence-corrected chi connectivity index (χ0v) is 20.1. The normalized spacial score (nSPS) is 28.2. The molecule has 4 rings (SSSR count). The first kappa shape index (κ1) is 24.3. The van der Waals surface area contributed by atoms with E-state index in [4.69, 9.17) is 5.73 Å². The maximum absolute atomic E-state index is 13.6. The number of carbonyl (C=O) groups is 3. The molecular weight excluding hydrogens is 438 g/mol. The number of hydrogen-bond acceptors (Lipinski definition) is 7. The van der Waals surface area contributed by atoms with Crippen molar-refractivity contribution in [2.45, 2.75) is 82.3 Å². The number of Topliss-reactive ketones (excluding diaryl/α,β-unsaturated/α-hetero) is 1. The van der Waals surface area contributed by atoms with Gasteiger partial charge in [0.05, 0.1) is 12.1 Å². The van der Waals surface area contributed by atoms with Crippen molar-refractivity contribution in [2.75, 3.05) is 19.6 Å². The number of amides is 2. The Kier molecular flexibility index (Phi) is 8.49. The number of carbonyl (C=O) groups excluding carboxylic acids is 3. The summed E-state index contributed by atoms with van der Waals surface area (Å²) in [6, 6.07) is -1.37. The third-order valence-electron chi connectivity index (χ3n) is 7.60. The van der Waals surface area contributed by atoms with E-state index < -0.39 is 12.1 Å². The van der Waals surface area contributed by atoms with Crippen molar-refractivity contribution in [1.29, 1.82) is 0 Å². The molecule has 4 N–H and O–H groups in total. The third kappa shape index (κ3) is 5.63. The number of likely N-dealkylation sites (tertiary alicyclic amines) is 1. The number of fused-ring (bicyclic) bond motifs is 1. The van der Waals surface area contributed by atoms with Crippen LogP contribution in [0.25, 0.3) is 0 Å². The molecule has 3 unspecified atom stereocenters. The molecule has 1 aromatic heterocycles. The topological polar surface area (TPSA) is 117 Å². The summed E-state index contributed by atoms with van der Waals surface area (Å²) in [4.78, 5) is 45.6. The van der Waals surface area contributed by atoms with Gasteiger partial charge in [-0.1, -0.05) is 19.3 Å². The second-order valence-corrected chi connectivity index (χ2v) is 10.3. The summed E-state index contributed by atoms with van der Waals surface area (Å²) in [5.74, 6) is 0.610. The highest BCUT2D eigenvalue weighted by Gasteiger charge is 2.44. The van der Waals surface area contributed by atoms with Gasteiger partial charge in [0.1, 0.15) is 11.7 Å². The van der Waals surface area contributed by atoms with Crippen LogP contribution in [-0.2, 0) is 9.59 Å². The predicted octanol–water partition coefficient (Wildman–Crippen LogP) is 1.90. The smallest absolute Gasteiger partial charge is 0.243 e. The summed E-state index contributed by atoms with van der Waals surface area (Å²) in [5.41, 5.74) is 8.64. The van der Waals surface area contributed by atoms with Crippen molar-refractivity contribution in [2.24, 2.45) is 17.6 Å². The number of unbranched alkanes of at least 4 members (excludes halogenated alkanes) is 1. The lowest BCUT2D eigenvalue weighted by Gasteiger charge is -2.43. The quantitative estimate of drug-likeness (QED) is 0.372. The highest BCUT2D eigenvalue weighted by molar-refractivity contribution is 7.07. The van der Waals surface area contributed by atoms with Crippen LogP contribution in [0.4, 0.5) is 0 Å². The number of thiazole rings is 1. The van der Waals surface area contributed by atoms with Crippen LogP contribution in [0, 0.1) is 17.3 Å². The standard InChI is InChI=1S/C24H36N5O3S/c25-11-4-3-8-18(22(30)19-14-33-15-27-19)28-23(31)20-9-5-13-29(20)24(32)21-17-7-2-1-6-16(17)10-12-26-21/h14,16-18,20-21,26H,1-13,25H2,(H,28,31)/t16?,17?,18?,20-,21+/m1/s1. The molecule has 0 aromatic carbocycles. The van der Waals surface area contributed by atoms with Crippen molar-refractivity contribution in [3.05, 3.63) is 16.6 Å². The van der Waals surface area contributed by atoms with Gasteiger partial charge >= 0.3 is 0 Å². The Morgan fingerprint density at radius 1 is 1.21 bits per heavy atom. The summed E-state index contributed by atoms with van der Waals surface area (Å²) >= 11 is 1.24. The van der Waals surface area contributed by atoms with E-state index in [-0.39, 0.29) is 23.6 Å². The molecule has 1 saturated carbocycles. The van der Waals surface area contributed by atoms with Crippen molar-refractivity contribution < 1.29 is 14.4 Å². The predicted molar refractivity (Wildman–Crippen MR) is 127 cm³/mol. The maximum atomic E-state index is 13.6. The third-order valence-corrected chi connectivity index (χ3v) is 8.14. The molecule has 9 heteroatoms. The van der Waals surface area contributed by atoms with Gasteiger partial charge in [0.2, 0.25) is 17.6 Å². The molecule has 1 radical (unpaired) electrons. The molecular formula is C24H36N5O3S. The van der Waals surface area contributed by atoms with Crippen LogP contribution in [0.15, 0.2) is 5.38 Å². The van der Waals surface area contributed by atoms with Crippen LogP contribution < -0.4 is 16.4 Å². The zero-order valence-electron chi connectivity index (χ0n) is 19.3. The first-order valence-corrected chi connectivity index (χ1v) is 13.4. The van der Waals surface area contributed by atoms with E-state index in [2.05, 4.69) is 21.1 Å². The van der Waals surface area contributed by atoms with E-state index in [0.717, 1.165) is 38.6 Å². The van der Waals surface area contributed by atoms with Crippen molar-refractivity contribution in [1.82, 2.24) is 20.5 Å². The van der Waals surface area contributed by atoms with Crippen LogP contribution in [-0.4, -0.2) is 65.2 Å². The molecule has 1 aromatic rings. The first-order chi connectivity index (χ1) is 16.1. The van der Waals surface area contributed by atoms with Gasteiger partial charge in [-0.15, -0.1) is 11.3 Å². The van der Waals surface area contributed by atoms with Gasteiger partial charge in [-0.3, -0.25) is 14.4 Å². The molecule has 1 aliphatic carbocycles. The van der Waals surface area contributed by atoms with Crippen LogP contribution in [0.2, 0.25) is 0 Å². The second-order valence-electron chi connectivity index (χ2n) is 9.65. The first-order valence-electron chi connectivity index (χ1n) is 12.5. The molecule has 3 heterocycles. The Bertz CT molecular complexity index is 815. The average molecular weight is 475 g/mol. The monoisotopic (exact) mass is 474 g/mol. The van der Waals surface area contributed by atoms with Crippen LogP contribution >= 0.6 is 11.3 Å². The van der Waals surface area contributed by atoms with Crippen molar-refractivity contribution in [3.63, 3.8) is 0 Å². The Morgan fingerprint density at radius 3 is 2.85 bits per heavy atom. The largest absolute Gasteiger partial charge is 0.344 e. The van der Waals surface area contributed by atoms with E-state index in [1.165, 1.54) is 30.6 Å². The molecule has 0 bridgehead atoms.